The van der Waals surface area contributed by atoms with Gasteiger partial charge in [0.2, 0.25) is 5.91 Å². The van der Waals surface area contributed by atoms with E-state index in [0.29, 0.717) is 26.3 Å². The lowest BCUT2D eigenvalue weighted by molar-refractivity contribution is -0.137. The molecule has 0 aromatic carbocycles. The Morgan fingerprint density at radius 2 is 2.00 bits per heavy atom. The van der Waals surface area contributed by atoms with Crippen molar-refractivity contribution in [1.29, 1.82) is 0 Å². The number of morpholine rings is 1. The zero-order chi connectivity index (χ0) is 15.4. The van der Waals surface area contributed by atoms with Crippen LogP contribution in [0.2, 0.25) is 0 Å². The average Bonchev–Trinajstić information content (AvgIpc) is 2.93. The second-order valence-corrected chi connectivity index (χ2v) is 5.85. The fraction of sp³-hybridized carbons (Fsp3) is 0.733. The number of carbonyl (C=O) groups excluding carboxylic acids is 1. The van der Waals surface area contributed by atoms with Crippen molar-refractivity contribution >= 4 is 5.91 Å². The zero-order valence-corrected chi connectivity index (χ0v) is 13.4. The standard InChI is InChI=1S/C15H26N4O2/c1-11-9-16-19(10-11)14(4)12(2)17-13(3)15(20)18-5-7-21-8-6-18/h9-10,12-14,17H,5-8H2,1-4H3/t12-,13-,14+/m0/s1. The number of carbonyl (C=O) groups is 1. The molecule has 1 saturated heterocycles. The third-order valence-electron chi connectivity index (χ3n) is 4.08. The second-order valence-electron chi connectivity index (χ2n) is 5.85. The Labute approximate surface area is 126 Å². The lowest BCUT2D eigenvalue weighted by Crippen LogP contribution is -2.52. The summed E-state index contributed by atoms with van der Waals surface area (Å²) in [5.74, 6) is 0.147. The van der Waals surface area contributed by atoms with Gasteiger partial charge < -0.3 is 15.0 Å². The zero-order valence-electron chi connectivity index (χ0n) is 13.4. The summed E-state index contributed by atoms with van der Waals surface area (Å²) in [6.07, 6.45) is 3.88. The molecular formula is C15H26N4O2. The van der Waals surface area contributed by atoms with Gasteiger partial charge >= 0.3 is 0 Å². The molecule has 0 radical (unpaired) electrons. The summed E-state index contributed by atoms with van der Waals surface area (Å²) in [5.41, 5.74) is 1.14. The van der Waals surface area contributed by atoms with Gasteiger partial charge in [0.05, 0.1) is 31.5 Å². The van der Waals surface area contributed by atoms with Crippen molar-refractivity contribution in [3.8, 4) is 0 Å². The van der Waals surface area contributed by atoms with Gasteiger partial charge in [-0.3, -0.25) is 9.48 Å². The Bertz CT molecular complexity index is 468. The SMILES string of the molecule is Cc1cnn([C@H](C)[C@H](C)N[C@@H](C)C(=O)N2CCOCC2)c1. The van der Waals surface area contributed by atoms with Crippen molar-refractivity contribution < 1.29 is 9.53 Å². The first-order chi connectivity index (χ1) is 9.99. The maximum absolute atomic E-state index is 12.4. The maximum atomic E-state index is 12.4. The number of amides is 1. The number of nitrogens with one attached hydrogen (secondary N) is 1. The largest absolute Gasteiger partial charge is 0.378 e. The smallest absolute Gasteiger partial charge is 0.239 e. The minimum Gasteiger partial charge on any atom is -0.378 e. The van der Waals surface area contributed by atoms with Crippen molar-refractivity contribution in [2.75, 3.05) is 26.3 Å². The summed E-state index contributed by atoms with van der Waals surface area (Å²) in [6.45, 7) is 10.8. The molecule has 1 aliphatic heterocycles. The molecule has 6 heteroatoms. The third-order valence-corrected chi connectivity index (χ3v) is 4.08. The Hall–Kier alpha value is -1.40. The van der Waals surface area contributed by atoms with Gasteiger partial charge in [-0.15, -0.1) is 0 Å². The van der Waals surface area contributed by atoms with Crippen molar-refractivity contribution in [3.63, 3.8) is 0 Å². The number of ether oxygens (including phenoxy) is 1. The summed E-state index contributed by atoms with van der Waals surface area (Å²) in [5, 5.41) is 7.74. The molecule has 0 spiro atoms. The molecule has 1 amide bonds. The van der Waals surface area contributed by atoms with E-state index in [0.717, 1.165) is 5.56 Å². The van der Waals surface area contributed by atoms with Gasteiger partial charge in [-0.25, -0.2) is 0 Å². The molecule has 0 unspecified atom stereocenters. The highest BCUT2D eigenvalue weighted by Gasteiger charge is 2.25. The number of aryl methyl sites for hydroxylation is 1. The van der Waals surface area contributed by atoms with Crippen molar-refractivity contribution in [3.05, 3.63) is 18.0 Å². The molecule has 0 saturated carbocycles. The topological polar surface area (TPSA) is 59.4 Å². The average molecular weight is 294 g/mol. The number of aromatic nitrogens is 2. The van der Waals surface area contributed by atoms with E-state index in [1.807, 2.05) is 35.8 Å². The summed E-state index contributed by atoms with van der Waals surface area (Å²) in [4.78, 5) is 14.3. The summed E-state index contributed by atoms with van der Waals surface area (Å²) >= 11 is 0. The minimum atomic E-state index is -0.197. The Morgan fingerprint density at radius 3 is 2.57 bits per heavy atom. The van der Waals surface area contributed by atoms with E-state index in [-0.39, 0.29) is 24.0 Å². The van der Waals surface area contributed by atoms with E-state index in [1.165, 1.54) is 0 Å². The van der Waals surface area contributed by atoms with E-state index < -0.39 is 0 Å². The van der Waals surface area contributed by atoms with Crippen LogP contribution in [0.1, 0.15) is 32.4 Å². The Balaban J connectivity index is 1.88. The fourth-order valence-electron chi connectivity index (χ4n) is 2.55. The molecule has 1 aromatic heterocycles. The predicted octanol–water partition coefficient (Wildman–Crippen LogP) is 0.978. The van der Waals surface area contributed by atoms with Gasteiger partial charge in [0.25, 0.3) is 0 Å². The highest BCUT2D eigenvalue weighted by Crippen LogP contribution is 2.12. The van der Waals surface area contributed by atoms with Crippen LogP contribution < -0.4 is 5.32 Å². The van der Waals surface area contributed by atoms with E-state index in [9.17, 15) is 4.79 Å². The molecule has 2 heterocycles. The van der Waals surface area contributed by atoms with Crippen LogP contribution in [-0.2, 0) is 9.53 Å². The first-order valence-electron chi connectivity index (χ1n) is 7.62. The third kappa shape index (κ3) is 4.04. The van der Waals surface area contributed by atoms with Crippen LogP contribution in [0.4, 0.5) is 0 Å². The highest BCUT2D eigenvalue weighted by atomic mass is 16.5. The maximum Gasteiger partial charge on any atom is 0.239 e. The van der Waals surface area contributed by atoms with Crippen LogP contribution in [0.15, 0.2) is 12.4 Å². The Kier molecular flexibility index (Phi) is 5.36. The molecular weight excluding hydrogens is 268 g/mol. The van der Waals surface area contributed by atoms with Gasteiger partial charge in [0, 0.05) is 25.3 Å². The van der Waals surface area contributed by atoms with Crippen LogP contribution in [-0.4, -0.2) is 59.0 Å². The van der Waals surface area contributed by atoms with Crippen LogP contribution in [0.25, 0.3) is 0 Å². The lowest BCUT2D eigenvalue weighted by atomic mass is 10.1. The van der Waals surface area contributed by atoms with Crippen molar-refractivity contribution in [2.45, 2.75) is 45.8 Å². The molecule has 1 aromatic rings. The van der Waals surface area contributed by atoms with E-state index in [2.05, 4.69) is 24.3 Å². The first-order valence-corrected chi connectivity index (χ1v) is 7.62. The van der Waals surface area contributed by atoms with Gasteiger partial charge in [0.1, 0.15) is 0 Å². The van der Waals surface area contributed by atoms with Crippen LogP contribution >= 0.6 is 0 Å². The second kappa shape index (κ2) is 7.04. The quantitative estimate of drug-likeness (QED) is 0.879. The fourth-order valence-corrected chi connectivity index (χ4v) is 2.55. The molecule has 21 heavy (non-hydrogen) atoms. The van der Waals surface area contributed by atoms with Gasteiger partial charge in [-0.05, 0) is 33.3 Å². The monoisotopic (exact) mass is 294 g/mol. The molecule has 1 N–H and O–H groups in total. The first kappa shape index (κ1) is 16.0. The van der Waals surface area contributed by atoms with E-state index in [4.69, 9.17) is 4.74 Å². The van der Waals surface area contributed by atoms with Crippen LogP contribution in [0.5, 0.6) is 0 Å². The van der Waals surface area contributed by atoms with Gasteiger partial charge in [-0.1, -0.05) is 0 Å². The lowest BCUT2D eigenvalue weighted by Gasteiger charge is -2.31. The van der Waals surface area contributed by atoms with Crippen molar-refractivity contribution in [2.24, 2.45) is 0 Å². The number of hydrogen-bond donors (Lipinski definition) is 1. The normalized spacial score (nSPS) is 20.1. The summed E-state index contributed by atoms with van der Waals surface area (Å²) in [7, 11) is 0. The minimum absolute atomic E-state index is 0.147. The molecule has 118 valence electrons. The Morgan fingerprint density at radius 1 is 1.33 bits per heavy atom. The highest BCUT2D eigenvalue weighted by molar-refractivity contribution is 5.81. The molecule has 0 bridgehead atoms. The summed E-state index contributed by atoms with van der Waals surface area (Å²) < 4.78 is 7.23. The molecule has 1 aliphatic rings. The molecule has 3 atom stereocenters. The van der Waals surface area contributed by atoms with E-state index in [1.54, 1.807) is 0 Å². The van der Waals surface area contributed by atoms with Crippen molar-refractivity contribution in [1.82, 2.24) is 20.0 Å². The van der Waals surface area contributed by atoms with Gasteiger partial charge in [-0.2, -0.15) is 5.10 Å². The molecule has 0 aliphatic carbocycles. The molecule has 2 rings (SSSR count). The van der Waals surface area contributed by atoms with E-state index >= 15 is 0 Å². The molecule has 1 fully saturated rings. The van der Waals surface area contributed by atoms with Crippen LogP contribution in [0, 0.1) is 6.92 Å². The number of hydrogen-bond acceptors (Lipinski definition) is 4. The summed E-state index contributed by atoms with van der Waals surface area (Å²) in [6, 6.07) is 0.153. The van der Waals surface area contributed by atoms with Crippen LogP contribution in [0.3, 0.4) is 0 Å². The number of rotatable bonds is 5. The van der Waals surface area contributed by atoms with Gasteiger partial charge in [0.15, 0.2) is 0 Å². The number of nitrogens with zero attached hydrogens (tertiary/aromatic N) is 3. The predicted molar refractivity (Wildman–Crippen MR) is 81.1 cm³/mol. The molecule has 6 nitrogen and oxygen atoms in total.